The first kappa shape index (κ1) is 20.0. The molecule has 0 spiro atoms. The summed E-state index contributed by atoms with van der Waals surface area (Å²) in [7, 11) is 0. The number of halogens is 3. The molecule has 0 aliphatic carbocycles. The molecular weight excluding hydrogens is 355 g/mol. The fourth-order valence-electron chi connectivity index (χ4n) is 2.74. The minimum atomic E-state index is -4.94. The maximum Gasteiger partial charge on any atom is 0.418 e. The minimum absolute atomic E-state index is 0.0622. The summed E-state index contributed by atoms with van der Waals surface area (Å²) in [6.45, 7) is 4.09. The molecule has 144 valence electrons. The number of rotatable bonds is 5. The molecule has 0 aromatic heterocycles. The van der Waals surface area contributed by atoms with E-state index >= 15 is 0 Å². The van der Waals surface area contributed by atoms with Crippen molar-refractivity contribution in [3.05, 3.63) is 28.8 Å². The molecule has 0 N–H and O–H groups in total. The van der Waals surface area contributed by atoms with E-state index < -0.39 is 34.8 Å². The SMILES string of the molecule is CCOC(=O)c1ccc(N2CCOCC2)c(C(=O)OCC)c1C(F)(F)F. The number of nitrogens with zero attached hydrogens (tertiary/aromatic N) is 1. The van der Waals surface area contributed by atoms with E-state index in [1.54, 1.807) is 4.90 Å². The van der Waals surface area contributed by atoms with Crippen LogP contribution < -0.4 is 4.90 Å². The number of hydrogen-bond donors (Lipinski definition) is 0. The predicted molar refractivity (Wildman–Crippen MR) is 86.4 cm³/mol. The van der Waals surface area contributed by atoms with E-state index in [0.717, 1.165) is 6.07 Å². The zero-order valence-corrected chi connectivity index (χ0v) is 14.5. The van der Waals surface area contributed by atoms with Crippen molar-refractivity contribution in [2.24, 2.45) is 0 Å². The number of morpholine rings is 1. The number of esters is 2. The number of carbonyl (C=O) groups excluding carboxylic acids is 2. The highest BCUT2D eigenvalue weighted by molar-refractivity contribution is 6.03. The summed E-state index contributed by atoms with van der Waals surface area (Å²) in [4.78, 5) is 26.0. The first-order valence-electron chi connectivity index (χ1n) is 8.22. The predicted octanol–water partition coefficient (Wildman–Crippen LogP) is 2.90. The highest BCUT2D eigenvalue weighted by atomic mass is 19.4. The summed E-state index contributed by atoms with van der Waals surface area (Å²) in [6, 6.07) is 2.35. The van der Waals surface area contributed by atoms with Crippen LogP contribution in [0.1, 0.15) is 40.1 Å². The minimum Gasteiger partial charge on any atom is -0.462 e. The Kier molecular flexibility index (Phi) is 6.47. The molecule has 1 fully saturated rings. The van der Waals surface area contributed by atoms with Gasteiger partial charge in [-0.2, -0.15) is 13.2 Å². The van der Waals surface area contributed by atoms with Crippen LogP contribution in [0.15, 0.2) is 12.1 Å². The van der Waals surface area contributed by atoms with Gasteiger partial charge in [0.2, 0.25) is 0 Å². The molecule has 0 amide bonds. The number of ether oxygens (including phenoxy) is 3. The van der Waals surface area contributed by atoms with Crippen LogP contribution in [0.25, 0.3) is 0 Å². The van der Waals surface area contributed by atoms with Gasteiger partial charge in [-0.15, -0.1) is 0 Å². The van der Waals surface area contributed by atoms with Crippen molar-refractivity contribution >= 4 is 17.6 Å². The summed E-state index contributed by atoms with van der Waals surface area (Å²) < 4.78 is 56.2. The zero-order chi connectivity index (χ0) is 19.3. The van der Waals surface area contributed by atoms with Crippen molar-refractivity contribution in [2.75, 3.05) is 44.4 Å². The quantitative estimate of drug-likeness (QED) is 0.738. The van der Waals surface area contributed by atoms with Gasteiger partial charge in [-0.3, -0.25) is 0 Å². The van der Waals surface area contributed by atoms with E-state index in [1.165, 1.54) is 19.9 Å². The third-order valence-electron chi connectivity index (χ3n) is 3.79. The summed E-state index contributed by atoms with van der Waals surface area (Å²) in [6.07, 6.45) is -4.94. The van der Waals surface area contributed by atoms with Crippen LogP contribution in [0, 0.1) is 0 Å². The Morgan fingerprint density at radius 3 is 2.19 bits per heavy atom. The van der Waals surface area contributed by atoms with Crippen LogP contribution in [0.2, 0.25) is 0 Å². The second-order valence-corrected chi connectivity index (χ2v) is 5.42. The molecule has 26 heavy (non-hydrogen) atoms. The lowest BCUT2D eigenvalue weighted by Crippen LogP contribution is -2.38. The molecular formula is C17H20F3NO5. The molecule has 1 aliphatic heterocycles. The Hall–Kier alpha value is -2.29. The second kappa shape index (κ2) is 8.39. The highest BCUT2D eigenvalue weighted by Crippen LogP contribution is 2.40. The van der Waals surface area contributed by atoms with E-state index in [-0.39, 0.29) is 18.9 Å². The molecule has 0 unspecified atom stereocenters. The highest BCUT2D eigenvalue weighted by Gasteiger charge is 2.42. The smallest absolute Gasteiger partial charge is 0.418 e. The van der Waals surface area contributed by atoms with Gasteiger partial charge >= 0.3 is 18.1 Å². The van der Waals surface area contributed by atoms with E-state index in [2.05, 4.69) is 0 Å². The average molecular weight is 375 g/mol. The molecule has 0 atom stereocenters. The van der Waals surface area contributed by atoms with Crippen LogP contribution >= 0.6 is 0 Å². The van der Waals surface area contributed by atoms with Crippen LogP contribution in [0.4, 0.5) is 18.9 Å². The third kappa shape index (κ3) is 4.27. The molecule has 1 aliphatic rings. The molecule has 0 radical (unpaired) electrons. The number of carbonyl (C=O) groups is 2. The number of anilines is 1. The Balaban J connectivity index is 2.69. The molecule has 6 nitrogen and oxygen atoms in total. The van der Waals surface area contributed by atoms with Crippen molar-refractivity contribution in [1.82, 2.24) is 0 Å². The summed E-state index contributed by atoms with van der Waals surface area (Å²) in [5, 5.41) is 0. The van der Waals surface area contributed by atoms with Gasteiger partial charge in [0.15, 0.2) is 0 Å². The Morgan fingerprint density at radius 1 is 1.08 bits per heavy atom. The monoisotopic (exact) mass is 375 g/mol. The van der Waals surface area contributed by atoms with Gasteiger partial charge in [0.25, 0.3) is 0 Å². The van der Waals surface area contributed by atoms with Gasteiger partial charge in [0.05, 0.1) is 48.8 Å². The summed E-state index contributed by atoms with van der Waals surface area (Å²) >= 11 is 0. The maximum absolute atomic E-state index is 13.8. The third-order valence-corrected chi connectivity index (χ3v) is 3.79. The first-order chi connectivity index (χ1) is 12.3. The van der Waals surface area contributed by atoms with Gasteiger partial charge < -0.3 is 19.1 Å². The van der Waals surface area contributed by atoms with Crippen molar-refractivity contribution in [1.29, 1.82) is 0 Å². The Bertz CT molecular complexity index is 669. The van der Waals surface area contributed by atoms with Crippen molar-refractivity contribution < 1.29 is 37.0 Å². The van der Waals surface area contributed by atoms with Gasteiger partial charge in [-0.25, -0.2) is 9.59 Å². The second-order valence-electron chi connectivity index (χ2n) is 5.42. The molecule has 1 aromatic rings. The molecule has 1 aromatic carbocycles. The fourth-order valence-corrected chi connectivity index (χ4v) is 2.74. The fraction of sp³-hybridized carbons (Fsp3) is 0.529. The lowest BCUT2D eigenvalue weighted by molar-refractivity contribution is -0.138. The van der Waals surface area contributed by atoms with Crippen molar-refractivity contribution in [2.45, 2.75) is 20.0 Å². The molecule has 1 heterocycles. The first-order valence-corrected chi connectivity index (χ1v) is 8.22. The molecule has 0 bridgehead atoms. The number of alkyl halides is 3. The van der Waals surface area contributed by atoms with E-state index in [9.17, 15) is 22.8 Å². The van der Waals surface area contributed by atoms with E-state index in [0.29, 0.717) is 26.3 Å². The summed E-state index contributed by atoms with van der Waals surface area (Å²) in [5.74, 6) is -2.27. The normalized spacial score (nSPS) is 14.9. The Labute approximate surface area is 148 Å². The average Bonchev–Trinajstić information content (AvgIpc) is 2.61. The molecule has 1 saturated heterocycles. The largest absolute Gasteiger partial charge is 0.462 e. The van der Waals surface area contributed by atoms with Crippen LogP contribution in [0.3, 0.4) is 0 Å². The van der Waals surface area contributed by atoms with Gasteiger partial charge in [0.1, 0.15) is 0 Å². The van der Waals surface area contributed by atoms with Gasteiger partial charge in [-0.05, 0) is 26.0 Å². The van der Waals surface area contributed by atoms with E-state index in [4.69, 9.17) is 14.2 Å². The molecule has 9 heteroatoms. The van der Waals surface area contributed by atoms with Crippen molar-refractivity contribution in [3.63, 3.8) is 0 Å². The van der Waals surface area contributed by atoms with Crippen LogP contribution in [0.5, 0.6) is 0 Å². The molecule has 0 saturated carbocycles. The lowest BCUT2D eigenvalue weighted by Gasteiger charge is -2.31. The molecule has 2 rings (SSSR count). The number of hydrogen-bond acceptors (Lipinski definition) is 6. The van der Waals surface area contributed by atoms with Crippen LogP contribution in [-0.2, 0) is 20.4 Å². The zero-order valence-electron chi connectivity index (χ0n) is 14.5. The van der Waals surface area contributed by atoms with Gasteiger partial charge in [-0.1, -0.05) is 0 Å². The Morgan fingerprint density at radius 2 is 1.65 bits per heavy atom. The summed E-state index contributed by atoms with van der Waals surface area (Å²) in [5.41, 5.74) is -2.66. The van der Waals surface area contributed by atoms with Gasteiger partial charge in [0, 0.05) is 13.1 Å². The topological polar surface area (TPSA) is 65.1 Å². The lowest BCUT2D eigenvalue weighted by atomic mass is 9.97. The van der Waals surface area contributed by atoms with Crippen molar-refractivity contribution in [3.8, 4) is 0 Å². The van der Waals surface area contributed by atoms with E-state index in [1.807, 2.05) is 0 Å². The standard InChI is InChI=1S/C17H20F3NO5/c1-3-25-15(22)11-5-6-12(21-7-9-24-10-8-21)13(16(23)26-4-2)14(11)17(18,19)20/h5-6H,3-4,7-10H2,1-2H3. The van der Waals surface area contributed by atoms with Crippen LogP contribution in [-0.4, -0.2) is 51.5 Å². The number of benzene rings is 1. The maximum atomic E-state index is 13.8.